The molecule has 11 nitrogen and oxygen atoms in total. The predicted molar refractivity (Wildman–Crippen MR) is 95.6 cm³/mol. The molecule has 0 aliphatic carbocycles. The molecular formula is C14H20ClN4O7P. The lowest BCUT2D eigenvalue weighted by Gasteiger charge is -2.18. The summed E-state index contributed by atoms with van der Waals surface area (Å²) in [6, 6.07) is 1.75. The second-order valence-electron chi connectivity index (χ2n) is 6.38. The fourth-order valence-electron chi connectivity index (χ4n) is 2.83. The first-order chi connectivity index (χ1) is 12.6. The van der Waals surface area contributed by atoms with Crippen LogP contribution in [-0.4, -0.2) is 75.3 Å². The minimum atomic E-state index is -3.84. The van der Waals surface area contributed by atoms with Gasteiger partial charge in [-0.25, -0.2) is 4.89 Å². The van der Waals surface area contributed by atoms with Gasteiger partial charge in [0.1, 0.15) is 36.4 Å². The van der Waals surface area contributed by atoms with Gasteiger partial charge in [-0.15, -0.1) is 4.67 Å². The first-order valence-corrected chi connectivity index (χ1v) is 10.3. The minimum absolute atomic E-state index is 0.0223. The third kappa shape index (κ3) is 4.25. The zero-order valence-electron chi connectivity index (χ0n) is 14.8. The summed E-state index contributed by atoms with van der Waals surface area (Å²) in [7, 11) is -0.224. The van der Waals surface area contributed by atoms with Gasteiger partial charge in [-0.1, -0.05) is 0 Å². The smallest absolute Gasteiger partial charge is 0.352 e. The van der Waals surface area contributed by atoms with Gasteiger partial charge in [-0.3, -0.25) is 4.57 Å². The molecule has 1 aliphatic rings. The monoisotopic (exact) mass is 422 g/mol. The molecule has 3 N–H and O–H groups in total. The van der Waals surface area contributed by atoms with Crippen molar-refractivity contribution in [3.63, 3.8) is 0 Å². The highest BCUT2D eigenvalue weighted by atomic mass is 35.5. The topological polar surface area (TPSA) is 139 Å². The Balaban J connectivity index is 1.85. The van der Waals surface area contributed by atoms with Crippen LogP contribution in [0.3, 0.4) is 0 Å². The van der Waals surface area contributed by atoms with E-state index in [-0.39, 0.29) is 11.9 Å². The van der Waals surface area contributed by atoms with E-state index in [1.54, 1.807) is 31.3 Å². The van der Waals surface area contributed by atoms with E-state index >= 15 is 0 Å². The van der Waals surface area contributed by atoms with Crippen molar-refractivity contribution in [1.29, 1.82) is 0 Å². The number of rotatable bonds is 6. The van der Waals surface area contributed by atoms with Crippen LogP contribution < -0.4 is 4.90 Å². The maximum absolute atomic E-state index is 11.1. The summed E-state index contributed by atoms with van der Waals surface area (Å²) in [4.78, 5) is 23.8. The van der Waals surface area contributed by atoms with Crippen LogP contribution in [0.25, 0.3) is 11.0 Å². The van der Waals surface area contributed by atoms with E-state index in [0.717, 1.165) is 6.66 Å². The molecule has 0 spiro atoms. The molecule has 1 saturated heterocycles. The van der Waals surface area contributed by atoms with Crippen LogP contribution in [0.1, 0.15) is 6.23 Å². The number of hydrogen-bond acceptors (Lipinski definition) is 9. The fourth-order valence-corrected chi connectivity index (χ4v) is 3.25. The average Bonchev–Trinajstić information content (AvgIpc) is 3.08. The number of hydrogen-bond donors (Lipinski definition) is 3. The summed E-state index contributed by atoms with van der Waals surface area (Å²) < 4.78 is 22.6. The van der Waals surface area contributed by atoms with Gasteiger partial charge in [0.2, 0.25) is 5.28 Å². The molecule has 3 heterocycles. The molecule has 1 unspecified atom stereocenters. The largest absolute Gasteiger partial charge is 0.387 e. The van der Waals surface area contributed by atoms with Crippen LogP contribution in [0.4, 0.5) is 5.82 Å². The highest BCUT2D eigenvalue weighted by Crippen LogP contribution is 2.38. The molecule has 2 aromatic rings. The van der Waals surface area contributed by atoms with Crippen LogP contribution in [0.2, 0.25) is 5.28 Å². The lowest BCUT2D eigenvalue weighted by molar-refractivity contribution is -0.238. The number of ether oxygens (including phenoxy) is 1. The van der Waals surface area contributed by atoms with E-state index in [1.165, 1.54) is 4.57 Å². The third-order valence-corrected chi connectivity index (χ3v) is 4.53. The van der Waals surface area contributed by atoms with Gasteiger partial charge in [0, 0.05) is 27.0 Å². The summed E-state index contributed by atoms with van der Waals surface area (Å²) >= 11 is 6.01. The van der Waals surface area contributed by atoms with Crippen molar-refractivity contribution >= 4 is 36.0 Å². The summed E-state index contributed by atoms with van der Waals surface area (Å²) in [5.41, 5.74) is 0.418. The highest BCUT2D eigenvalue weighted by molar-refractivity contribution is 7.51. The molecule has 3 rings (SSSR count). The van der Waals surface area contributed by atoms with E-state index in [0.29, 0.717) is 16.9 Å². The number of aliphatic hydroxyl groups is 2. The normalized spacial score (nSPS) is 27.8. The van der Waals surface area contributed by atoms with Crippen LogP contribution in [0, 0.1) is 0 Å². The van der Waals surface area contributed by atoms with E-state index in [9.17, 15) is 14.8 Å². The van der Waals surface area contributed by atoms with Crippen molar-refractivity contribution in [2.24, 2.45) is 0 Å². The molecule has 1 aliphatic heterocycles. The zero-order valence-corrected chi connectivity index (χ0v) is 16.4. The molecule has 150 valence electrons. The molecule has 0 bridgehead atoms. The molecule has 2 aromatic heterocycles. The molecule has 0 radical (unpaired) electrons. The molecule has 13 heteroatoms. The van der Waals surface area contributed by atoms with Crippen molar-refractivity contribution in [3.05, 3.63) is 17.5 Å². The van der Waals surface area contributed by atoms with Gasteiger partial charge in [0.05, 0.1) is 5.39 Å². The Labute approximate surface area is 159 Å². The number of aliphatic hydroxyl groups excluding tert-OH is 2. The van der Waals surface area contributed by atoms with E-state index < -0.39 is 32.1 Å². The van der Waals surface area contributed by atoms with Gasteiger partial charge in [-0.2, -0.15) is 9.97 Å². The Morgan fingerprint density at radius 2 is 2.07 bits per heavy atom. The lowest BCUT2D eigenvalue weighted by Crippen LogP contribution is -2.33. The van der Waals surface area contributed by atoms with E-state index in [4.69, 9.17) is 21.2 Å². The van der Waals surface area contributed by atoms with Gasteiger partial charge < -0.3 is 29.3 Å². The van der Waals surface area contributed by atoms with Crippen molar-refractivity contribution in [2.75, 3.05) is 32.3 Å². The molecule has 0 saturated carbocycles. The van der Waals surface area contributed by atoms with Crippen molar-refractivity contribution in [3.8, 4) is 0 Å². The summed E-state index contributed by atoms with van der Waals surface area (Å²) in [5, 5.41) is 21.3. The summed E-state index contributed by atoms with van der Waals surface area (Å²) in [5.74, 6) is 0.590. The summed E-state index contributed by atoms with van der Waals surface area (Å²) in [6.07, 6.45) is -2.93. The molecule has 1 fully saturated rings. The minimum Gasteiger partial charge on any atom is -0.387 e. The Morgan fingerprint density at radius 1 is 1.37 bits per heavy atom. The molecular weight excluding hydrogens is 403 g/mol. The number of aromatic nitrogens is 3. The Hall–Kier alpha value is -1.30. The number of nitrogens with zero attached hydrogens (tertiary/aromatic N) is 4. The van der Waals surface area contributed by atoms with Gasteiger partial charge in [0.15, 0.2) is 6.23 Å². The standard InChI is InChI=1S/C14H20ClN4O7P/c1-18(2)11-7-4-5-19(12(7)17-14(15)16-11)13-10(21)9(20)8(25-13)6-24-26-27(3,22)23/h4-5,8-10,13,20-21H,6H2,1-3H3,(H,22,23)/t8-,9-,10-,13-/m1/s1. The van der Waals surface area contributed by atoms with Gasteiger partial charge in [-0.05, 0) is 17.7 Å². The maximum Gasteiger partial charge on any atom is 0.352 e. The zero-order chi connectivity index (χ0) is 19.9. The van der Waals surface area contributed by atoms with Crippen LogP contribution in [0.15, 0.2) is 12.3 Å². The molecule has 0 amide bonds. The molecule has 5 atom stereocenters. The number of fused-ring (bicyclic) bond motifs is 1. The highest BCUT2D eigenvalue weighted by Gasteiger charge is 2.44. The van der Waals surface area contributed by atoms with Crippen molar-refractivity contribution in [2.45, 2.75) is 24.5 Å². The van der Waals surface area contributed by atoms with Crippen LogP contribution >= 0.6 is 19.2 Å². The van der Waals surface area contributed by atoms with Crippen LogP contribution in [-0.2, 0) is 18.9 Å². The number of anilines is 1. The van der Waals surface area contributed by atoms with Crippen molar-refractivity contribution < 1.29 is 34.0 Å². The van der Waals surface area contributed by atoms with Gasteiger partial charge >= 0.3 is 7.60 Å². The Bertz CT molecular complexity index is 873. The second-order valence-corrected chi connectivity index (χ2v) is 8.47. The van der Waals surface area contributed by atoms with Crippen LogP contribution in [0.5, 0.6) is 0 Å². The van der Waals surface area contributed by atoms with E-state index in [1.807, 2.05) is 0 Å². The average molecular weight is 423 g/mol. The lowest BCUT2D eigenvalue weighted by atomic mass is 10.1. The fraction of sp³-hybridized carbons (Fsp3) is 0.571. The Morgan fingerprint density at radius 3 is 2.70 bits per heavy atom. The van der Waals surface area contributed by atoms with Gasteiger partial charge in [0.25, 0.3) is 0 Å². The summed E-state index contributed by atoms with van der Waals surface area (Å²) in [6.45, 7) is 0.597. The predicted octanol–water partition coefficient (Wildman–Crippen LogP) is 0.533. The quantitative estimate of drug-likeness (QED) is 0.261. The Kier molecular flexibility index (Phi) is 5.76. The molecule has 0 aromatic carbocycles. The first-order valence-electron chi connectivity index (χ1n) is 7.93. The number of halogens is 1. The second kappa shape index (κ2) is 7.61. The maximum atomic E-state index is 11.1. The first kappa shape index (κ1) is 20.4. The SMILES string of the molecule is CN(C)c1nc(Cl)nc2c1ccn2[C@@H]1O[C@H](COOP(C)(=O)O)[C@@H](O)[C@H]1O. The third-order valence-electron chi connectivity index (χ3n) is 3.98. The molecule has 27 heavy (non-hydrogen) atoms. The van der Waals surface area contributed by atoms with E-state index in [2.05, 4.69) is 19.5 Å². The van der Waals surface area contributed by atoms with Crippen molar-refractivity contribution in [1.82, 2.24) is 14.5 Å².